The molecule has 4 aromatic heterocycles. The van der Waals surface area contributed by atoms with Gasteiger partial charge >= 0.3 is 0 Å². The van der Waals surface area contributed by atoms with E-state index < -0.39 is 0 Å². The summed E-state index contributed by atoms with van der Waals surface area (Å²) in [6, 6.07) is 7.40. The van der Waals surface area contributed by atoms with Crippen LogP contribution in [0.3, 0.4) is 0 Å². The van der Waals surface area contributed by atoms with Crippen LogP contribution < -0.4 is 4.90 Å². The van der Waals surface area contributed by atoms with Gasteiger partial charge in [0.1, 0.15) is 11.4 Å². The minimum absolute atomic E-state index is 0.409. The molecule has 5 heterocycles. The molecule has 1 fully saturated rings. The van der Waals surface area contributed by atoms with Crippen LogP contribution in [0.4, 0.5) is 5.82 Å². The summed E-state index contributed by atoms with van der Waals surface area (Å²) in [5, 5.41) is 5.77. The number of anilines is 1. The number of nitrogens with zero attached hydrogens (tertiary/aromatic N) is 5. The summed E-state index contributed by atoms with van der Waals surface area (Å²) in [4.78, 5) is 15.3. The average Bonchev–Trinajstić information content (AvgIpc) is 3.35. The Kier molecular flexibility index (Phi) is 4.44. The molecule has 28 heavy (non-hydrogen) atoms. The van der Waals surface area contributed by atoms with Crippen molar-refractivity contribution in [1.82, 2.24) is 20.1 Å². The number of fused-ring (bicyclic) bond motifs is 1. The third kappa shape index (κ3) is 3.45. The van der Waals surface area contributed by atoms with E-state index in [1.54, 1.807) is 24.7 Å². The molecule has 142 valence electrons. The molecule has 0 bridgehead atoms. The van der Waals surface area contributed by atoms with Crippen LogP contribution in [-0.4, -0.2) is 33.2 Å². The fraction of sp³-hybridized carbons (Fsp3) is 0.300. The third-order valence-corrected chi connectivity index (χ3v) is 5.35. The first-order valence-electron chi connectivity index (χ1n) is 9.27. The van der Waals surface area contributed by atoms with Crippen molar-refractivity contribution in [2.45, 2.75) is 19.3 Å². The van der Waals surface area contributed by atoms with Gasteiger partial charge in [0.2, 0.25) is 0 Å². The van der Waals surface area contributed by atoms with Crippen LogP contribution in [0.2, 0.25) is 5.02 Å². The van der Waals surface area contributed by atoms with E-state index in [1.165, 1.54) is 0 Å². The molecule has 1 aliphatic rings. The Morgan fingerprint density at radius 3 is 2.86 bits per heavy atom. The Labute approximate surface area is 166 Å². The van der Waals surface area contributed by atoms with Crippen LogP contribution in [0.15, 0.2) is 51.8 Å². The number of hydrogen-bond acceptors (Lipinski definition) is 7. The second kappa shape index (κ2) is 7.24. The van der Waals surface area contributed by atoms with E-state index in [0.717, 1.165) is 49.1 Å². The van der Waals surface area contributed by atoms with Crippen molar-refractivity contribution in [1.29, 1.82) is 0 Å². The minimum Gasteiger partial charge on any atom is -0.451 e. The Morgan fingerprint density at radius 1 is 1.14 bits per heavy atom. The maximum atomic E-state index is 6.07. The van der Waals surface area contributed by atoms with Crippen LogP contribution in [0.5, 0.6) is 0 Å². The van der Waals surface area contributed by atoms with Crippen molar-refractivity contribution in [2.24, 2.45) is 5.92 Å². The van der Waals surface area contributed by atoms with E-state index in [-0.39, 0.29) is 0 Å². The lowest BCUT2D eigenvalue weighted by Crippen LogP contribution is -2.34. The highest BCUT2D eigenvalue weighted by molar-refractivity contribution is 6.30. The molecule has 0 spiro atoms. The quantitative estimate of drug-likeness (QED) is 0.507. The van der Waals surface area contributed by atoms with Gasteiger partial charge in [0.05, 0.1) is 0 Å². The van der Waals surface area contributed by atoms with Gasteiger partial charge in [-0.25, -0.2) is 4.98 Å². The number of furan rings is 1. The molecule has 0 unspecified atom stereocenters. The molecule has 0 aromatic carbocycles. The number of piperidine rings is 1. The second-order valence-electron chi connectivity index (χ2n) is 7.01. The first-order chi connectivity index (χ1) is 13.7. The van der Waals surface area contributed by atoms with Gasteiger partial charge in [-0.1, -0.05) is 16.8 Å². The van der Waals surface area contributed by atoms with Crippen LogP contribution >= 0.6 is 11.6 Å². The molecular weight excluding hydrogens is 378 g/mol. The largest absolute Gasteiger partial charge is 0.451 e. The second-order valence-corrected chi connectivity index (χ2v) is 7.44. The van der Waals surface area contributed by atoms with Gasteiger partial charge in [0.25, 0.3) is 5.89 Å². The number of aromatic nitrogens is 4. The van der Waals surface area contributed by atoms with E-state index in [1.807, 2.05) is 18.2 Å². The molecule has 1 aliphatic heterocycles. The summed E-state index contributed by atoms with van der Waals surface area (Å²) in [6.45, 7) is 1.89. The van der Waals surface area contributed by atoms with Crippen LogP contribution in [0, 0.1) is 5.92 Å². The summed E-state index contributed by atoms with van der Waals surface area (Å²) in [5.41, 5.74) is 0.756. The van der Waals surface area contributed by atoms with Crippen molar-refractivity contribution >= 4 is 28.4 Å². The molecule has 0 atom stereocenters. The van der Waals surface area contributed by atoms with Gasteiger partial charge in [-0.2, -0.15) is 4.98 Å². The van der Waals surface area contributed by atoms with Crippen molar-refractivity contribution in [3.63, 3.8) is 0 Å². The Balaban J connectivity index is 1.23. The zero-order chi connectivity index (χ0) is 18.9. The van der Waals surface area contributed by atoms with Crippen molar-refractivity contribution < 1.29 is 8.94 Å². The highest BCUT2D eigenvalue weighted by Gasteiger charge is 2.23. The lowest BCUT2D eigenvalue weighted by Gasteiger charge is -2.32. The van der Waals surface area contributed by atoms with Crippen LogP contribution in [0.1, 0.15) is 18.7 Å². The van der Waals surface area contributed by atoms with E-state index in [4.69, 9.17) is 20.5 Å². The van der Waals surface area contributed by atoms with Crippen molar-refractivity contribution in [3.05, 3.63) is 53.7 Å². The first-order valence-corrected chi connectivity index (χ1v) is 9.65. The SMILES string of the molecule is Clc1ccnc(N2CCC(Cc3noc(-c4cc5cnccc5o4)n3)CC2)c1. The number of hydrogen-bond donors (Lipinski definition) is 0. The lowest BCUT2D eigenvalue weighted by atomic mass is 9.93. The topological polar surface area (TPSA) is 81.1 Å². The average molecular weight is 396 g/mol. The standard InChI is InChI=1S/C20H18ClN5O2/c21-15-1-6-23-19(11-15)26-7-3-13(4-8-26)9-18-24-20(28-25-18)17-10-14-12-22-5-2-16(14)27-17/h1-2,5-6,10-13H,3-4,7-9H2. The highest BCUT2D eigenvalue weighted by Crippen LogP contribution is 2.28. The summed E-state index contributed by atoms with van der Waals surface area (Å²) in [5.74, 6) is 3.15. The van der Waals surface area contributed by atoms with Crippen molar-refractivity contribution in [2.75, 3.05) is 18.0 Å². The predicted molar refractivity (Wildman–Crippen MR) is 105 cm³/mol. The van der Waals surface area contributed by atoms with Gasteiger partial charge in [0, 0.05) is 48.5 Å². The fourth-order valence-electron chi connectivity index (χ4n) is 3.62. The Bertz CT molecular complexity index is 1070. The molecule has 4 aromatic rings. The highest BCUT2D eigenvalue weighted by atomic mass is 35.5. The van der Waals surface area contributed by atoms with Gasteiger partial charge in [-0.15, -0.1) is 0 Å². The molecule has 7 nitrogen and oxygen atoms in total. The summed E-state index contributed by atoms with van der Waals surface area (Å²) < 4.78 is 11.2. The smallest absolute Gasteiger partial charge is 0.293 e. The molecule has 0 saturated carbocycles. The van der Waals surface area contributed by atoms with Gasteiger partial charge in [-0.3, -0.25) is 4.98 Å². The number of halogens is 1. The van der Waals surface area contributed by atoms with E-state index >= 15 is 0 Å². The molecule has 5 rings (SSSR count). The number of pyridine rings is 2. The molecular formula is C20H18ClN5O2. The number of rotatable bonds is 4. The Morgan fingerprint density at radius 2 is 2.04 bits per heavy atom. The van der Waals surface area contributed by atoms with Gasteiger partial charge in [0.15, 0.2) is 11.6 Å². The van der Waals surface area contributed by atoms with Gasteiger partial charge in [-0.05, 0) is 43.0 Å². The lowest BCUT2D eigenvalue weighted by molar-refractivity contribution is 0.375. The summed E-state index contributed by atoms with van der Waals surface area (Å²) >= 11 is 6.07. The first kappa shape index (κ1) is 17.2. The summed E-state index contributed by atoms with van der Waals surface area (Å²) in [6.07, 6.45) is 8.09. The van der Waals surface area contributed by atoms with Crippen molar-refractivity contribution in [3.8, 4) is 11.7 Å². The third-order valence-electron chi connectivity index (χ3n) is 5.11. The van der Waals surface area contributed by atoms with E-state index in [9.17, 15) is 0 Å². The Hall–Kier alpha value is -2.93. The zero-order valence-corrected chi connectivity index (χ0v) is 15.8. The van der Waals surface area contributed by atoms with Crippen LogP contribution in [-0.2, 0) is 6.42 Å². The molecule has 0 amide bonds. The molecule has 0 aliphatic carbocycles. The minimum atomic E-state index is 0.409. The maximum Gasteiger partial charge on any atom is 0.293 e. The molecule has 1 saturated heterocycles. The predicted octanol–water partition coefficient (Wildman–Crippen LogP) is 4.39. The fourth-order valence-corrected chi connectivity index (χ4v) is 3.77. The van der Waals surface area contributed by atoms with Gasteiger partial charge < -0.3 is 13.8 Å². The summed E-state index contributed by atoms with van der Waals surface area (Å²) in [7, 11) is 0. The molecule has 0 N–H and O–H groups in total. The molecule has 0 radical (unpaired) electrons. The molecule has 8 heteroatoms. The maximum absolute atomic E-state index is 6.07. The van der Waals surface area contributed by atoms with E-state index in [2.05, 4.69) is 25.0 Å². The van der Waals surface area contributed by atoms with E-state index in [0.29, 0.717) is 28.4 Å². The zero-order valence-electron chi connectivity index (χ0n) is 15.1. The normalized spacial score (nSPS) is 15.4. The monoisotopic (exact) mass is 395 g/mol. The van der Waals surface area contributed by atoms with Crippen LogP contribution in [0.25, 0.3) is 22.6 Å².